The van der Waals surface area contributed by atoms with Gasteiger partial charge in [0.2, 0.25) is 0 Å². The quantitative estimate of drug-likeness (QED) is 0.527. The highest BCUT2D eigenvalue weighted by Crippen LogP contribution is 2.27. The van der Waals surface area contributed by atoms with Gasteiger partial charge in [-0.2, -0.15) is 0 Å². The summed E-state index contributed by atoms with van der Waals surface area (Å²) in [7, 11) is 0. The van der Waals surface area contributed by atoms with Crippen molar-refractivity contribution < 1.29 is 4.92 Å². The Morgan fingerprint density at radius 1 is 1.20 bits per heavy atom. The van der Waals surface area contributed by atoms with Crippen molar-refractivity contribution in [3.05, 3.63) is 64.0 Å². The zero-order valence-corrected chi connectivity index (χ0v) is 11.2. The van der Waals surface area contributed by atoms with Gasteiger partial charge in [0.1, 0.15) is 5.65 Å². The lowest BCUT2D eigenvalue weighted by Gasteiger charge is -2.00. The van der Waals surface area contributed by atoms with Crippen LogP contribution >= 0.6 is 0 Å². The molecule has 100 valence electrons. The highest BCUT2D eigenvalue weighted by Gasteiger charge is 2.13. The molecule has 0 radical (unpaired) electrons. The van der Waals surface area contributed by atoms with Crippen molar-refractivity contribution in [2.24, 2.45) is 0 Å². The average Bonchev–Trinajstić information content (AvgIpc) is 2.76. The number of pyridine rings is 1. The molecule has 0 atom stereocenters. The van der Waals surface area contributed by atoms with Crippen LogP contribution in [0.15, 0.2) is 42.6 Å². The molecule has 0 unspecified atom stereocenters. The number of fused-ring (bicyclic) bond motifs is 1. The lowest BCUT2D eigenvalue weighted by molar-refractivity contribution is -0.384. The van der Waals surface area contributed by atoms with E-state index in [2.05, 4.69) is 4.98 Å². The summed E-state index contributed by atoms with van der Waals surface area (Å²) in [6.45, 7) is 3.99. The molecule has 0 aliphatic carbocycles. The van der Waals surface area contributed by atoms with E-state index in [1.54, 1.807) is 12.1 Å². The number of nitro benzene ring substituents is 1. The molecule has 0 aliphatic rings. The molecule has 0 bridgehead atoms. The first-order valence-electron chi connectivity index (χ1n) is 6.26. The number of aryl methyl sites for hydroxylation is 2. The second-order valence-corrected chi connectivity index (χ2v) is 4.79. The van der Waals surface area contributed by atoms with Crippen molar-refractivity contribution in [2.45, 2.75) is 13.8 Å². The van der Waals surface area contributed by atoms with Crippen molar-refractivity contribution in [3.8, 4) is 11.3 Å². The molecule has 3 aromatic rings. The smallest absolute Gasteiger partial charge is 0.270 e. The lowest BCUT2D eigenvalue weighted by Crippen LogP contribution is -1.90. The van der Waals surface area contributed by atoms with E-state index < -0.39 is 4.92 Å². The fourth-order valence-corrected chi connectivity index (χ4v) is 2.31. The molecule has 2 heterocycles. The summed E-state index contributed by atoms with van der Waals surface area (Å²) in [4.78, 5) is 15.0. The number of hydrogen-bond acceptors (Lipinski definition) is 3. The first-order chi connectivity index (χ1) is 9.56. The molecule has 0 spiro atoms. The fourth-order valence-electron chi connectivity index (χ4n) is 2.31. The van der Waals surface area contributed by atoms with Crippen LogP contribution in [0.3, 0.4) is 0 Å². The second kappa shape index (κ2) is 4.45. The van der Waals surface area contributed by atoms with E-state index in [1.165, 1.54) is 6.07 Å². The van der Waals surface area contributed by atoms with Gasteiger partial charge in [0.25, 0.3) is 5.69 Å². The molecule has 0 fully saturated rings. The highest BCUT2D eigenvalue weighted by atomic mass is 16.6. The molecule has 5 heteroatoms. The molecular weight excluding hydrogens is 254 g/mol. The van der Waals surface area contributed by atoms with Crippen LogP contribution in [0, 0.1) is 24.0 Å². The normalized spacial score (nSPS) is 10.9. The fraction of sp³-hybridized carbons (Fsp3) is 0.133. The summed E-state index contributed by atoms with van der Waals surface area (Å²) in [6.07, 6.45) is 2.01. The van der Waals surface area contributed by atoms with Crippen LogP contribution in [-0.4, -0.2) is 14.3 Å². The summed E-state index contributed by atoms with van der Waals surface area (Å²) in [5.41, 5.74) is 4.58. The van der Waals surface area contributed by atoms with Crippen LogP contribution in [0.1, 0.15) is 11.3 Å². The van der Waals surface area contributed by atoms with Gasteiger partial charge in [-0.3, -0.25) is 10.1 Å². The molecular formula is C15H13N3O2. The Balaban J connectivity index is 2.22. The van der Waals surface area contributed by atoms with E-state index in [4.69, 9.17) is 0 Å². The largest absolute Gasteiger partial charge is 0.303 e. The Bertz CT molecular complexity index is 821. The van der Waals surface area contributed by atoms with Crippen LogP contribution in [0.2, 0.25) is 0 Å². The SMILES string of the molecule is Cc1ccc2nc(-c3cccc([N+](=O)[O-])c3)c(C)n2c1. The summed E-state index contributed by atoms with van der Waals surface area (Å²) in [5.74, 6) is 0. The number of rotatable bonds is 2. The molecule has 5 nitrogen and oxygen atoms in total. The minimum atomic E-state index is -0.390. The van der Waals surface area contributed by atoms with E-state index in [1.807, 2.05) is 42.6 Å². The molecule has 1 aromatic carbocycles. The number of nitrogens with zero attached hydrogens (tertiary/aromatic N) is 3. The number of non-ortho nitro benzene ring substituents is 1. The van der Waals surface area contributed by atoms with Crippen molar-refractivity contribution in [1.29, 1.82) is 0 Å². The highest BCUT2D eigenvalue weighted by molar-refractivity contribution is 5.68. The van der Waals surface area contributed by atoms with E-state index in [0.29, 0.717) is 0 Å². The Morgan fingerprint density at radius 3 is 2.75 bits per heavy atom. The molecule has 0 saturated heterocycles. The summed E-state index contributed by atoms with van der Waals surface area (Å²) >= 11 is 0. The first kappa shape index (κ1) is 12.3. The molecule has 20 heavy (non-hydrogen) atoms. The molecule has 3 rings (SSSR count). The van der Waals surface area contributed by atoms with Gasteiger partial charge in [0.15, 0.2) is 0 Å². The Morgan fingerprint density at radius 2 is 2.00 bits per heavy atom. The van der Waals surface area contributed by atoms with Gasteiger partial charge in [-0.05, 0) is 25.5 Å². The molecule has 0 amide bonds. The first-order valence-corrected chi connectivity index (χ1v) is 6.26. The third-order valence-corrected chi connectivity index (χ3v) is 3.34. The summed E-state index contributed by atoms with van der Waals surface area (Å²) in [5, 5.41) is 10.9. The van der Waals surface area contributed by atoms with Gasteiger partial charge >= 0.3 is 0 Å². The van der Waals surface area contributed by atoms with Crippen LogP contribution in [0.4, 0.5) is 5.69 Å². The number of imidazole rings is 1. The van der Waals surface area contributed by atoms with Gasteiger partial charge in [-0.15, -0.1) is 0 Å². The minimum absolute atomic E-state index is 0.0788. The maximum atomic E-state index is 10.9. The van der Waals surface area contributed by atoms with Gasteiger partial charge in [-0.25, -0.2) is 4.98 Å². The van der Waals surface area contributed by atoms with Gasteiger partial charge < -0.3 is 4.40 Å². The standard InChI is InChI=1S/C15H13N3O2/c1-10-6-7-14-16-15(11(2)17(14)9-10)12-4-3-5-13(8-12)18(19)20/h3-9H,1-2H3. The molecule has 0 saturated carbocycles. The summed E-state index contributed by atoms with van der Waals surface area (Å²) in [6, 6.07) is 10.5. The maximum absolute atomic E-state index is 10.9. The van der Waals surface area contributed by atoms with Crippen LogP contribution in [-0.2, 0) is 0 Å². The maximum Gasteiger partial charge on any atom is 0.270 e. The Labute approximate surface area is 115 Å². The van der Waals surface area contributed by atoms with Crippen LogP contribution < -0.4 is 0 Å². The predicted molar refractivity (Wildman–Crippen MR) is 76.8 cm³/mol. The number of benzene rings is 1. The third-order valence-electron chi connectivity index (χ3n) is 3.34. The van der Waals surface area contributed by atoms with E-state index in [0.717, 1.165) is 28.2 Å². The van der Waals surface area contributed by atoms with Crippen molar-refractivity contribution >= 4 is 11.3 Å². The Hall–Kier alpha value is -2.69. The summed E-state index contributed by atoms with van der Waals surface area (Å²) < 4.78 is 2.00. The Kier molecular flexibility index (Phi) is 2.75. The lowest BCUT2D eigenvalue weighted by atomic mass is 10.1. The number of hydrogen-bond donors (Lipinski definition) is 0. The van der Waals surface area contributed by atoms with Crippen LogP contribution in [0.5, 0.6) is 0 Å². The van der Waals surface area contributed by atoms with Crippen LogP contribution in [0.25, 0.3) is 16.9 Å². The predicted octanol–water partition coefficient (Wildman–Crippen LogP) is 3.53. The minimum Gasteiger partial charge on any atom is -0.303 e. The van der Waals surface area contributed by atoms with E-state index >= 15 is 0 Å². The van der Waals surface area contributed by atoms with E-state index in [9.17, 15) is 10.1 Å². The van der Waals surface area contributed by atoms with Crippen molar-refractivity contribution in [1.82, 2.24) is 9.38 Å². The monoisotopic (exact) mass is 267 g/mol. The third kappa shape index (κ3) is 1.93. The molecule has 2 aromatic heterocycles. The van der Waals surface area contributed by atoms with E-state index in [-0.39, 0.29) is 5.69 Å². The van der Waals surface area contributed by atoms with Gasteiger partial charge in [0.05, 0.1) is 10.6 Å². The number of aromatic nitrogens is 2. The topological polar surface area (TPSA) is 60.4 Å². The number of nitro groups is 1. The average molecular weight is 267 g/mol. The van der Waals surface area contributed by atoms with Gasteiger partial charge in [0, 0.05) is 29.6 Å². The van der Waals surface area contributed by atoms with Crippen molar-refractivity contribution in [2.75, 3.05) is 0 Å². The molecule has 0 aliphatic heterocycles. The zero-order valence-electron chi connectivity index (χ0n) is 11.2. The second-order valence-electron chi connectivity index (χ2n) is 4.79. The van der Waals surface area contributed by atoms with Crippen molar-refractivity contribution in [3.63, 3.8) is 0 Å². The zero-order chi connectivity index (χ0) is 14.3. The van der Waals surface area contributed by atoms with Gasteiger partial charge in [-0.1, -0.05) is 18.2 Å². The molecule has 0 N–H and O–H groups in total.